The van der Waals surface area contributed by atoms with Gasteiger partial charge in [-0.1, -0.05) is 20.8 Å². The zero-order chi connectivity index (χ0) is 14.7. The van der Waals surface area contributed by atoms with E-state index in [4.69, 9.17) is 9.84 Å². The van der Waals surface area contributed by atoms with Crippen LogP contribution < -0.4 is 10.6 Å². The number of nitrogens with one attached hydrogen (secondary N) is 2. The molecule has 0 unspecified atom stereocenters. The van der Waals surface area contributed by atoms with Crippen LogP contribution in [-0.4, -0.2) is 42.4 Å². The molecule has 0 bridgehead atoms. The van der Waals surface area contributed by atoms with Gasteiger partial charge in [0.2, 0.25) is 0 Å². The van der Waals surface area contributed by atoms with E-state index in [0.717, 1.165) is 19.3 Å². The Labute approximate surface area is 113 Å². The quantitative estimate of drug-likeness (QED) is 0.705. The molecule has 1 fully saturated rings. The molecule has 19 heavy (non-hydrogen) atoms. The first-order valence-corrected chi connectivity index (χ1v) is 6.52. The molecule has 0 heterocycles. The van der Waals surface area contributed by atoms with Gasteiger partial charge in [-0.2, -0.15) is 0 Å². The SMILES string of the molecule is COC1(CNC(=O)N[C@H](C(=O)O)C(C)(C)C)CCC1. The monoisotopic (exact) mass is 272 g/mol. The summed E-state index contributed by atoms with van der Waals surface area (Å²) in [7, 11) is 1.63. The molecular formula is C13H24N2O4. The van der Waals surface area contributed by atoms with E-state index < -0.39 is 23.5 Å². The smallest absolute Gasteiger partial charge is 0.326 e. The molecule has 1 saturated carbocycles. The van der Waals surface area contributed by atoms with Crippen LogP contribution >= 0.6 is 0 Å². The van der Waals surface area contributed by atoms with Crippen molar-refractivity contribution in [2.24, 2.45) is 5.41 Å². The van der Waals surface area contributed by atoms with Crippen LogP contribution in [0.4, 0.5) is 4.79 Å². The van der Waals surface area contributed by atoms with Crippen LogP contribution in [0.1, 0.15) is 40.0 Å². The number of methoxy groups -OCH3 is 1. The lowest BCUT2D eigenvalue weighted by Crippen LogP contribution is -2.56. The highest BCUT2D eigenvalue weighted by Crippen LogP contribution is 2.34. The van der Waals surface area contributed by atoms with Gasteiger partial charge in [0.05, 0.1) is 5.60 Å². The molecule has 0 aromatic rings. The van der Waals surface area contributed by atoms with Gasteiger partial charge in [-0.25, -0.2) is 9.59 Å². The van der Waals surface area contributed by atoms with E-state index in [1.807, 2.05) is 0 Å². The number of carbonyl (C=O) groups excluding carboxylic acids is 1. The van der Waals surface area contributed by atoms with Gasteiger partial charge >= 0.3 is 12.0 Å². The fourth-order valence-corrected chi connectivity index (χ4v) is 2.10. The Morgan fingerprint density at radius 2 is 1.95 bits per heavy atom. The first-order valence-electron chi connectivity index (χ1n) is 6.52. The van der Waals surface area contributed by atoms with Gasteiger partial charge in [0.15, 0.2) is 0 Å². The van der Waals surface area contributed by atoms with Crippen molar-refractivity contribution in [3.63, 3.8) is 0 Å². The third-order valence-electron chi connectivity index (χ3n) is 3.66. The van der Waals surface area contributed by atoms with Crippen LogP contribution in [0.15, 0.2) is 0 Å². The molecule has 3 N–H and O–H groups in total. The van der Waals surface area contributed by atoms with Crippen molar-refractivity contribution in [2.75, 3.05) is 13.7 Å². The molecule has 1 atom stereocenters. The number of ether oxygens (including phenoxy) is 1. The van der Waals surface area contributed by atoms with E-state index in [9.17, 15) is 9.59 Å². The summed E-state index contributed by atoms with van der Waals surface area (Å²) in [5.74, 6) is -1.03. The summed E-state index contributed by atoms with van der Waals surface area (Å²) >= 11 is 0. The van der Waals surface area contributed by atoms with Gasteiger partial charge < -0.3 is 20.5 Å². The Morgan fingerprint density at radius 3 is 2.26 bits per heavy atom. The highest BCUT2D eigenvalue weighted by atomic mass is 16.5. The zero-order valence-electron chi connectivity index (χ0n) is 12.1. The van der Waals surface area contributed by atoms with Gasteiger partial charge in [-0.3, -0.25) is 0 Å². The largest absolute Gasteiger partial charge is 0.480 e. The minimum absolute atomic E-state index is 0.266. The summed E-state index contributed by atoms with van der Waals surface area (Å²) in [5.41, 5.74) is -0.809. The minimum atomic E-state index is -1.03. The summed E-state index contributed by atoms with van der Waals surface area (Å²) in [6.07, 6.45) is 2.94. The van der Waals surface area contributed by atoms with Gasteiger partial charge in [-0.05, 0) is 24.7 Å². The molecule has 6 heteroatoms. The van der Waals surface area contributed by atoms with Crippen molar-refractivity contribution in [3.8, 4) is 0 Å². The van der Waals surface area contributed by atoms with Gasteiger partial charge in [0, 0.05) is 13.7 Å². The predicted molar refractivity (Wildman–Crippen MR) is 71.0 cm³/mol. The van der Waals surface area contributed by atoms with E-state index in [-0.39, 0.29) is 5.60 Å². The lowest BCUT2D eigenvalue weighted by atomic mass is 9.80. The summed E-state index contributed by atoms with van der Waals surface area (Å²) < 4.78 is 5.39. The van der Waals surface area contributed by atoms with Gasteiger partial charge in [-0.15, -0.1) is 0 Å². The topological polar surface area (TPSA) is 87.7 Å². The number of carboxylic acid groups (broad SMARTS) is 1. The van der Waals surface area contributed by atoms with E-state index in [2.05, 4.69) is 10.6 Å². The first-order chi connectivity index (χ1) is 8.70. The van der Waals surface area contributed by atoms with Crippen LogP contribution in [0.3, 0.4) is 0 Å². The summed E-state index contributed by atoms with van der Waals surface area (Å²) in [6.45, 7) is 5.73. The van der Waals surface area contributed by atoms with Crippen LogP contribution in [0.2, 0.25) is 0 Å². The lowest BCUT2D eigenvalue weighted by molar-refractivity contribution is -0.141. The summed E-state index contributed by atoms with van der Waals surface area (Å²) in [5, 5.41) is 14.3. The normalized spacial score (nSPS) is 19.2. The minimum Gasteiger partial charge on any atom is -0.480 e. The second-order valence-corrected chi connectivity index (χ2v) is 6.20. The molecule has 2 amide bonds. The highest BCUT2D eigenvalue weighted by molar-refractivity contribution is 5.83. The maximum absolute atomic E-state index is 11.8. The molecule has 110 valence electrons. The van der Waals surface area contributed by atoms with Crippen LogP contribution in [-0.2, 0) is 9.53 Å². The fourth-order valence-electron chi connectivity index (χ4n) is 2.10. The van der Waals surface area contributed by atoms with E-state index in [1.165, 1.54) is 0 Å². The van der Waals surface area contributed by atoms with Crippen molar-refractivity contribution in [2.45, 2.75) is 51.7 Å². The first kappa shape index (κ1) is 15.8. The number of urea groups is 1. The molecule has 6 nitrogen and oxygen atoms in total. The highest BCUT2D eigenvalue weighted by Gasteiger charge is 2.38. The molecule has 0 saturated heterocycles. The predicted octanol–water partition coefficient (Wildman–Crippen LogP) is 1.35. The fraction of sp³-hybridized carbons (Fsp3) is 0.846. The molecule has 1 aliphatic carbocycles. The van der Waals surface area contributed by atoms with E-state index in [1.54, 1.807) is 27.9 Å². The Balaban J connectivity index is 2.47. The van der Waals surface area contributed by atoms with Crippen molar-refractivity contribution in [1.82, 2.24) is 10.6 Å². The molecule has 1 aliphatic rings. The number of carboxylic acids is 1. The van der Waals surface area contributed by atoms with Crippen LogP contribution in [0, 0.1) is 5.41 Å². The standard InChI is InChI=1S/C13H24N2O4/c1-12(2,3)9(10(16)17)15-11(18)14-8-13(19-4)6-5-7-13/h9H,5-8H2,1-4H3,(H,16,17)(H2,14,15,18)/t9-/m1/s1. The number of hydrogen-bond acceptors (Lipinski definition) is 3. The maximum atomic E-state index is 11.8. The summed E-state index contributed by atoms with van der Waals surface area (Å²) in [6, 6.07) is -1.39. The van der Waals surface area contributed by atoms with Gasteiger partial charge in [0.25, 0.3) is 0 Å². The third-order valence-corrected chi connectivity index (χ3v) is 3.66. The Kier molecular flexibility index (Phi) is 4.79. The average Bonchev–Trinajstić information content (AvgIpc) is 2.23. The molecule has 0 spiro atoms. The average molecular weight is 272 g/mol. The number of rotatable bonds is 5. The second kappa shape index (κ2) is 5.77. The van der Waals surface area contributed by atoms with Crippen molar-refractivity contribution < 1.29 is 19.4 Å². The molecular weight excluding hydrogens is 248 g/mol. The molecule has 0 radical (unpaired) electrons. The van der Waals surface area contributed by atoms with Gasteiger partial charge in [0.1, 0.15) is 6.04 Å². The Hall–Kier alpha value is -1.30. The number of amides is 2. The third kappa shape index (κ3) is 4.09. The number of hydrogen-bond donors (Lipinski definition) is 3. The molecule has 0 aliphatic heterocycles. The molecule has 1 rings (SSSR count). The second-order valence-electron chi connectivity index (χ2n) is 6.20. The van der Waals surface area contributed by atoms with E-state index >= 15 is 0 Å². The number of aliphatic carboxylic acids is 1. The number of carbonyl (C=O) groups is 2. The lowest BCUT2D eigenvalue weighted by Gasteiger charge is -2.40. The van der Waals surface area contributed by atoms with Crippen molar-refractivity contribution in [1.29, 1.82) is 0 Å². The van der Waals surface area contributed by atoms with Crippen molar-refractivity contribution in [3.05, 3.63) is 0 Å². The van der Waals surface area contributed by atoms with Crippen LogP contribution in [0.5, 0.6) is 0 Å². The zero-order valence-corrected chi connectivity index (χ0v) is 12.1. The van der Waals surface area contributed by atoms with Crippen LogP contribution in [0.25, 0.3) is 0 Å². The van der Waals surface area contributed by atoms with E-state index in [0.29, 0.717) is 6.54 Å². The summed E-state index contributed by atoms with van der Waals surface area (Å²) in [4.78, 5) is 22.9. The molecule has 0 aromatic heterocycles. The molecule has 0 aromatic carbocycles. The maximum Gasteiger partial charge on any atom is 0.326 e. The Morgan fingerprint density at radius 1 is 1.37 bits per heavy atom. The van der Waals surface area contributed by atoms with Crippen molar-refractivity contribution >= 4 is 12.0 Å². The Bertz CT molecular complexity index is 340.